The maximum atomic E-state index is 12.4. The van der Waals surface area contributed by atoms with Gasteiger partial charge in [-0.25, -0.2) is 0 Å². The van der Waals surface area contributed by atoms with Crippen molar-refractivity contribution in [1.29, 1.82) is 5.26 Å². The molecule has 4 nitrogen and oxygen atoms in total. The van der Waals surface area contributed by atoms with Gasteiger partial charge in [0.15, 0.2) is 5.92 Å². The van der Waals surface area contributed by atoms with Crippen LogP contribution in [0.15, 0.2) is 6.20 Å². The summed E-state index contributed by atoms with van der Waals surface area (Å²) in [6.07, 6.45) is -2.90. The summed E-state index contributed by atoms with van der Waals surface area (Å²) in [5.41, 5.74) is 1.23. The SMILES string of the molecule is CC(C)c1nn(C)cc1NCC(C#N)C(F)(F)F. The standard InChI is InChI=1S/C11H15F3N4/c1-7(2)10-9(6-18(3)17-10)16-5-8(4-15)11(12,13)14/h6-8,16H,5H2,1-3H3. The van der Waals surface area contributed by atoms with E-state index in [1.165, 1.54) is 10.8 Å². The van der Waals surface area contributed by atoms with E-state index in [1.54, 1.807) is 13.2 Å². The largest absolute Gasteiger partial charge is 0.406 e. The number of hydrogen-bond donors (Lipinski definition) is 1. The van der Waals surface area contributed by atoms with Crippen LogP contribution in [0.5, 0.6) is 0 Å². The van der Waals surface area contributed by atoms with Crippen LogP contribution in [0.1, 0.15) is 25.5 Å². The highest BCUT2D eigenvalue weighted by atomic mass is 19.4. The van der Waals surface area contributed by atoms with Gasteiger partial charge in [0.05, 0.1) is 17.5 Å². The Morgan fingerprint density at radius 2 is 2.11 bits per heavy atom. The first kappa shape index (κ1) is 14.4. The zero-order chi connectivity index (χ0) is 13.9. The van der Waals surface area contributed by atoms with Crippen molar-refractivity contribution < 1.29 is 13.2 Å². The fourth-order valence-corrected chi connectivity index (χ4v) is 1.51. The fourth-order valence-electron chi connectivity index (χ4n) is 1.51. The Hall–Kier alpha value is -1.71. The minimum Gasteiger partial charge on any atom is -0.381 e. The van der Waals surface area contributed by atoms with Crippen LogP contribution in [0.25, 0.3) is 0 Å². The lowest BCUT2D eigenvalue weighted by Crippen LogP contribution is -2.28. The van der Waals surface area contributed by atoms with Crippen LogP contribution in [-0.4, -0.2) is 22.5 Å². The van der Waals surface area contributed by atoms with Crippen LogP contribution in [-0.2, 0) is 7.05 Å². The lowest BCUT2D eigenvalue weighted by Gasteiger charge is -2.15. The third-order valence-corrected chi connectivity index (χ3v) is 2.45. The Morgan fingerprint density at radius 1 is 1.50 bits per heavy atom. The van der Waals surface area contributed by atoms with Gasteiger partial charge in [0.2, 0.25) is 0 Å². The molecule has 1 aromatic heterocycles. The number of halogens is 3. The molecule has 100 valence electrons. The molecule has 0 saturated carbocycles. The first-order valence-corrected chi connectivity index (χ1v) is 5.49. The Balaban J connectivity index is 2.78. The molecule has 0 fully saturated rings. The lowest BCUT2D eigenvalue weighted by molar-refractivity contribution is -0.155. The Morgan fingerprint density at radius 3 is 2.56 bits per heavy atom. The van der Waals surface area contributed by atoms with E-state index >= 15 is 0 Å². The molecule has 0 amide bonds. The van der Waals surface area contributed by atoms with E-state index in [1.807, 2.05) is 13.8 Å². The summed E-state index contributed by atoms with van der Waals surface area (Å²) < 4.78 is 38.7. The molecule has 7 heteroatoms. The topological polar surface area (TPSA) is 53.6 Å². The minimum atomic E-state index is -4.51. The van der Waals surface area contributed by atoms with E-state index in [-0.39, 0.29) is 5.92 Å². The van der Waals surface area contributed by atoms with E-state index in [9.17, 15) is 13.2 Å². The number of rotatable bonds is 4. The molecular formula is C11H15F3N4. The molecule has 0 saturated heterocycles. The average molecular weight is 260 g/mol. The van der Waals surface area contributed by atoms with Crippen molar-refractivity contribution in [3.8, 4) is 6.07 Å². The molecule has 0 aliphatic rings. The van der Waals surface area contributed by atoms with Gasteiger partial charge in [-0.1, -0.05) is 13.8 Å². The van der Waals surface area contributed by atoms with E-state index in [4.69, 9.17) is 5.26 Å². The van der Waals surface area contributed by atoms with Gasteiger partial charge in [-0.2, -0.15) is 23.5 Å². The smallest absolute Gasteiger partial charge is 0.381 e. The number of hydrogen-bond acceptors (Lipinski definition) is 3. The molecule has 0 aliphatic carbocycles. The Kier molecular flexibility index (Phi) is 4.22. The van der Waals surface area contributed by atoms with Crippen LogP contribution < -0.4 is 5.32 Å². The number of nitriles is 1. The van der Waals surface area contributed by atoms with Crippen molar-refractivity contribution in [2.75, 3.05) is 11.9 Å². The zero-order valence-corrected chi connectivity index (χ0v) is 10.4. The Labute approximate surface area is 103 Å². The minimum absolute atomic E-state index is 0.0973. The fraction of sp³-hybridized carbons (Fsp3) is 0.636. The quantitative estimate of drug-likeness (QED) is 0.905. The molecular weight excluding hydrogens is 245 g/mol. The van der Waals surface area contributed by atoms with Crippen molar-refractivity contribution in [3.63, 3.8) is 0 Å². The highest BCUT2D eigenvalue weighted by Crippen LogP contribution is 2.27. The van der Waals surface area contributed by atoms with Gasteiger partial charge in [-0.15, -0.1) is 0 Å². The summed E-state index contributed by atoms with van der Waals surface area (Å²) in [5.74, 6) is -1.92. The second-order valence-corrected chi connectivity index (χ2v) is 4.36. The van der Waals surface area contributed by atoms with Crippen LogP contribution in [0, 0.1) is 17.2 Å². The van der Waals surface area contributed by atoms with Crippen LogP contribution >= 0.6 is 0 Å². The van der Waals surface area contributed by atoms with Crippen molar-refractivity contribution in [3.05, 3.63) is 11.9 Å². The van der Waals surface area contributed by atoms with Gasteiger partial charge in [-0.3, -0.25) is 4.68 Å². The highest BCUT2D eigenvalue weighted by molar-refractivity contribution is 5.48. The molecule has 1 heterocycles. The van der Waals surface area contributed by atoms with Crippen molar-refractivity contribution in [1.82, 2.24) is 9.78 Å². The molecule has 18 heavy (non-hydrogen) atoms. The monoisotopic (exact) mass is 260 g/mol. The Bertz CT molecular complexity index is 442. The van der Waals surface area contributed by atoms with Gasteiger partial charge in [0.1, 0.15) is 0 Å². The number of alkyl halides is 3. The van der Waals surface area contributed by atoms with E-state index in [0.717, 1.165) is 0 Å². The highest BCUT2D eigenvalue weighted by Gasteiger charge is 2.39. The average Bonchev–Trinajstić information content (AvgIpc) is 2.58. The van der Waals surface area contributed by atoms with E-state index in [2.05, 4.69) is 10.4 Å². The van der Waals surface area contributed by atoms with Gasteiger partial charge >= 0.3 is 6.18 Å². The molecule has 0 spiro atoms. The molecule has 0 aromatic carbocycles. The normalized spacial score (nSPS) is 13.4. The number of aryl methyl sites for hydroxylation is 1. The van der Waals surface area contributed by atoms with Gasteiger partial charge < -0.3 is 5.32 Å². The third-order valence-electron chi connectivity index (χ3n) is 2.45. The van der Waals surface area contributed by atoms with Crippen LogP contribution in [0.4, 0.5) is 18.9 Å². The first-order valence-electron chi connectivity index (χ1n) is 5.49. The van der Waals surface area contributed by atoms with E-state index in [0.29, 0.717) is 11.4 Å². The van der Waals surface area contributed by atoms with Crippen molar-refractivity contribution in [2.45, 2.75) is 25.9 Å². The molecule has 1 aromatic rings. The maximum Gasteiger partial charge on any atom is 0.406 e. The second kappa shape index (κ2) is 5.29. The zero-order valence-electron chi connectivity index (χ0n) is 10.4. The van der Waals surface area contributed by atoms with Crippen molar-refractivity contribution >= 4 is 5.69 Å². The molecule has 0 bridgehead atoms. The van der Waals surface area contributed by atoms with Crippen LogP contribution in [0.3, 0.4) is 0 Å². The molecule has 1 unspecified atom stereocenters. The van der Waals surface area contributed by atoms with Crippen LogP contribution in [0.2, 0.25) is 0 Å². The summed E-state index contributed by atoms with van der Waals surface area (Å²) >= 11 is 0. The van der Waals surface area contributed by atoms with Crippen molar-refractivity contribution in [2.24, 2.45) is 13.0 Å². The maximum absolute atomic E-state index is 12.4. The predicted molar refractivity (Wildman–Crippen MR) is 60.9 cm³/mol. The molecule has 1 atom stereocenters. The molecule has 1 rings (SSSR count). The summed E-state index contributed by atoms with van der Waals surface area (Å²) in [6.45, 7) is 3.34. The number of anilines is 1. The van der Waals surface area contributed by atoms with Gasteiger partial charge in [-0.05, 0) is 5.92 Å². The van der Waals surface area contributed by atoms with E-state index < -0.39 is 18.6 Å². The number of nitrogens with one attached hydrogen (secondary N) is 1. The second-order valence-electron chi connectivity index (χ2n) is 4.36. The molecule has 1 N–H and O–H groups in total. The summed E-state index contributed by atoms with van der Waals surface area (Å²) in [5, 5.41) is 15.3. The summed E-state index contributed by atoms with van der Waals surface area (Å²) in [6, 6.07) is 1.25. The molecule has 0 aliphatic heterocycles. The first-order chi connectivity index (χ1) is 8.25. The lowest BCUT2D eigenvalue weighted by atomic mass is 10.1. The third kappa shape index (κ3) is 3.39. The predicted octanol–water partition coefficient (Wildman–Crippen LogP) is 2.66. The summed E-state index contributed by atoms with van der Waals surface area (Å²) in [4.78, 5) is 0. The van der Waals surface area contributed by atoms with Gasteiger partial charge in [0.25, 0.3) is 0 Å². The number of nitrogens with zero attached hydrogens (tertiary/aromatic N) is 3. The summed E-state index contributed by atoms with van der Waals surface area (Å²) in [7, 11) is 1.70. The number of aromatic nitrogens is 2. The van der Waals surface area contributed by atoms with Gasteiger partial charge in [0, 0.05) is 19.8 Å². The molecule has 0 radical (unpaired) electrons.